The van der Waals surface area contributed by atoms with Crippen LogP contribution in [0.2, 0.25) is 0 Å². The predicted molar refractivity (Wildman–Crippen MR) is 84.2 cm³/mol. The van der Waals surface area contributed by atoms with Crippen LogP contribution in [0, 0.1) is 0 Å². The Bertz CT molecular complexity index is 919. The topological polar surface area (TPSA) is 70.1 Å². The number of alkyl halides is 3. The maximum absolute atomic E-state index is 12.6. The number of benzene rings is 2. The Labute approximate surface area is 140 Å². The van der Waals surface area contributed by atoms with E-state index in [0.717, 1.165) is 0 Å². The molecule has 0 atom stereocenters. The van der Waals surface area contributed by atoms with Crippen molar-refractivity contribution in [3.8, 4) is 22.6 Å². The fourth-order valence-corrected chi connectivity index (χ4v) is 2.33. The lowest BCUT2D eigenvalue weighted by atomic mass is 10.0. The average molecular weight is 347 g/mol. The Morgan fingerprint density at radius 1 is 1.08 bits per heavy atom. The molecule has 0 fully saturated rings. The number of aromatic nitrogens is 2. The summed E-state index contributed by atoms with van der Waals surface area (Å²) >= 11 is 0. The van der Waals surface area contributed by atoms with Crippen molar-refractivity contribution in [2.24, 2.45) is 5.73 Å². The van der Waals surface area contributed by atoms with Gasteiger partial charge in [0.05, 0.1) is 5.69 Å². The molecule has 5 nitrogen and oxygen atoms in total. The molecule has 0 saturated carbocycles. The van der Waals surface area contributed by atoms with Gasteiger partial charge in [0, 0.05) is 11.8 Å². The van der Waals surface area contributed by atoms with E-state index in [9.17, 15) is 18.0 Å². The molecule has 0 unspecified atom stereocenters. The van der Waals surface area contributed by atoms with E-state index in [-0.39, 0.29) is 17.0 Å². The van der Waals surface area contributed by atoms with Crippen molar-refractivity contribution in [2.75, 3.05) is 0 Å². The number of halogens is 3. The maximum atomic E-state index is 12.6. The second kappa shape index (κ2) is 6.31. The number of hydrogen-bond acceptors (Lipinski definition) is 3. The van der Waals surface area contributed by atoms with Gasteiger partial charge < -0.3 is 10.5 Å². The summed E-state index contributed by atoms with van der Waals surface area (Å²) in [6, 6.07) is 14.0. The zero-order chi connectivity index (χ0) is 18.0. The van der Waals surface area contributed by atoms with Gasteiger partial charge in [0.15, 0.2) is 0 Å². The number of rotatable bonds is 4. The second-order valence-corrected chi connectivity index (χ2v) is 5.10. The van der Waals surface area contributed by atoms with Gasteiger partial charge in [-0.3, -0.25) is 4.79 Å². The molecule has 25 heavy (non-hydrogen) atoms. The highest BCUT2D eigenvalue weighted by atomic mass is 19.4. The summed E-state index contributed by atoms with van der Waals surface area (Å²) in [5.74, 6) is -0.968. The fraction of sp³-hybridized carbons (Fsp3) is 0.0588. The van der Waals surface area contributed by atoms with Crippen molar-refractivity contribution in [2.45, 2.75) is 6.36 Å². The quantitative estimate of drug-likeness (QED) is 0.785. The lowest BCUT2D eigenvalue weighted by molar-refractivity contribution is -0.274. The molecule has 2 aromatic carbocycles. The van der Waals surface area contributed by atoms with E-state index in [4.69, 9.17) is 5.73 Å². The molecule has 0 saturated heterocycles. The first-order valence-corrected chi connectivity index (χ1v) is 7.14. The van der Waals surface area contributed by atoms with Crippen molar-refractivity contribution in [3.63, 3.8) is 0 Å². The smallest absolute Gasteiger partial charge is 0.405 e. The van der Waals surface area contributed by atoms with Crippen LogP contribution in [0.4, 0.5) is 13.2 Å². The summed E-state index contributed by atoms with van der Waals surface area (Å²) in [6.07, 6.45) is -3.25. The van der Waals surface area contributed by atoms with Crippen LogP contribution in [0.5, 0.6) is 5.75 Å². The summed E-state index contributed by atoms with van der Waals surface area (Å²) in [5, 5.41) is 4.03. The summed E-state index contributed by atoms with van der Waals surface area (Å²) < 4.78 is 43.2. The SMILES string of the molecule is NC(=O)c1ccn(-c2cccc(-c3ccccc3OC(F)(F)F)c2)n1. The number of hydrogen-bond donors (Lipinski definition) is 1. The van der Waals surface area contributed by atoms with Gasteiger partial charge in [0.2, 0.25) is 0 Å². The first-order chi connectivity index (χ1) is 11.8. The Hall–Kier alpha value is -3.29. The molecular formula is C17H12F3N3O2. The first kappa shape index (κ1) is 16.6. The number of ether oxygens (including phenoxy) is 1. The molecule has 1 amide bonds. The molecule has 0 aliphatic rings. The molecule has 8 heteroatoms. The normalized spacial score (nSPS) is 11.3. The fourth-order valence-electron chi connectivity index (χ4n) is 2.33. The molecule has 0 bridgehead atoms. The highest BCUT2D eigenvalue weighted by Gasteiger charge is 2.32. The van der Waals surface area contributed by atoms with Crippen LogP contribution in [0.3, 0.4) is 0 Å². The van der Waals surface area contributed by atoms with Crippen LogP contribution in [0.15, 0.2) is 60.8 Å². The zero-order valence-electron chi connectivity index (χ0n) is 12.7. The van der Waals surface area contributed by atoms with Crippen molar-refractivity contribution in [1.82, 2.24) is 9.78 Å². The molecule has 3 rings (SSSR count). The third-order valence-electron chi connectivity index (χ3n) is 3.38. The second-order valence-electron chi connectivity index (χ2n) is 5.10. The lowest BCUT2D eigenvalue weighted by Crippen LogP contribution is -2.17. The standard InChI is InChI=1S/C17H12F3N3O2/c18-17(19,20)25-15-7-2-1-6-13(15)11-4-3-5-12(10-11)23-9-8-14(22-23)16(21)24/h1-10H,(H2,21,24). The van der Waals surface area contributed by atoms with Gasteiger partial charge in [-0.1, -0.05) is 30.3 Å². The summed E-state index contributed by atoms with van der Waals surface area (Å²) in [4.78, 5) is 11.1. The van der Waals surface area contributed by atoms with E-state index in [1.165, 1.54) is 35.1 Å². The largest absolute Gasteiger partial charge is 0.573 e. The van der Waals surface area contributed by atoms with Crippen molar-refractivity contribution in [3.05, 3.63) is 66.5 Å². The Morgan fingerprint density at radius 3 is 2.52 bits per heavy atom. The number of carbonyl (C=O) groups excluding carboxylic acids is 1. The number of primary amides is 1. The zero-order valence-corrected chi connectivity index (χ0v) is 12.7. The van der Waals surface area contributed by atoms with Gasteiger partial charge in [0.25, 0.3) is 5.91 Å². The molecule has 0 spiro atoms. The third-order valence-corrected chi connectivity index (χ3v) is 3.38. The van der Waals surface area contributed by atoms with E-state index in [1.54, 1.807) is 30.3 Å². The Kier molecular flexibility index (Phi) is 4.18. The van der Waals surface area contributed by atoms with E-state index in [1.807, 2.05) is 0 Å². The number of amides is 1. The molecule has 0 radical (unpaired) electrons. The van der Waals surface area contributed by atoms with E-state index < -0.39 is 12.3 Å². The van der Waals surface area contributed by atoms with E-state index in [0.29, 0.717) is 11.3 Å². The van der Waals surface area contributed by atoms with Crippen LogP contribution in [0.1, 0.15) is 10.5 Å². The first-order valence-electron chi connectivity index (χ1n) is 7.14. The molecule has 0 aliphatic carbocycles. The highest BCUT2D eigenvalue weighted by Crippen LogP contribution is 2.34. The van der Waals surface area contributed by atoms with Crippen molar-refractivity contribution in [1.29, 1.82) is 0 Å². The van der Waals surface area contributed by atoms with Gasteiger partial charge in [-0.25, -0.2) is 4.68 Å². The maximum Gasteiger partial charge on any atom is 0.573 e. The van der Waals surface area contributed by atoms with Gasteiger partial charge in [0.1, 0.15) is 11.4 Å². The van der Waals surface area contributed by atoms with Crippen molar-refractivity contribution < 1.29 is 22.7 Å². The van der Waals surface area contributed by atoms with Crippen LogP contribution in [-0.2, 0) is 0 Å². The molecule has 1 aromatic heterocycles. The van der Waals surface area contributed by atoms with E-state index in [2.05, 4.69) is 9.84 Å². The van der Waals surface area contributed by atoms with Crippen LogP contribution in [0.25, 0.3) is 16.8 Å². The number of carbonyl (C=O) groups is 1. The Morgan fingerprint density at radius 2 is 1.84 bits per heavy atom. The molecule has 0 aliphatic heterocycles. The van der Waals surface area contributed by atoms with E-state index >= 15 is 0 Å². The predicted octanol–water partition coefficient (Wildman–Crippen LogP) is 3.54. The minimum atomic E-state index is -4.79. The molecule has 1 heterocycles. The third kappa shape index (κ3) is 3.79. The number of nitrogens with zero attached hydrogens (tertiary/aromatic N) is 2. The van der Waals surface area contributed by atoms with Crippen LogP contribution in [-0.4, -0.2) is 22.1 Å². The van der Waals surface area contributed by atoms with Gasteiger partial charge in [-0.2, -0.15) is 5.10 Å². The lowest BCUT2D eigenvalue weighted by Gasteiger charge is -2.14. The van der Waals surface area contributed by atoms with Gasteiger partial charge in [-0.15, -0.1) is 13.2 Å². The summed E-state index contributed by atoms with van der Waals surface area (Å²) in [6.45, 7) is 0. The highest BCUT2D eigenvalue weighted by molar-refractivity contribution is 5.90. The summed E-state index contributed by atoms with van der Waals surface area (Å²) in [7, 11) is 0. The number of para-hydroxylation sites is 1. The van der Waals surface area contributed by atoms with Gasteiger partial charge >= 0.3 is 6.36 Å². The minimum Gasteiger partial charge on any atom is -0.405 e. The summed E-state index contributed by atoms with van der Waals surface area (Å²) in [5.41, 5.74) is 6.61. The monoisotopic (exact) mass is 347 g/mol. The number of nitrogens with two attached hydrogens (primary N) is 1. The average Bonchev–Trinajstić information content (AvgIpc) is 3.04. The molecular weight excluding hydrogens is 335 g/mol. The van der Waals surface area contributed by atoms with Crippen LogP contribution < -0.4 is 10.5 Å². The van der Waals surface area contributed by atoms with Crippen molar-refractivity contribution >= 4 is 5.91 Å². The molecule has 2 N–H and O–H groups in total. The molecule has 128 valence electrons. The Balaban J connectivity index is 2.01. The molecule has 3 aromatic rings. The minimum absolute atomic E-state index is 0.0891. The van der Waals surface area contributed by atoms with Gasteiger partial charge in [-0.05, 0) is 29.8 Å². The van der Waals surface area contributed by atoms with Crippen LogP contribution >= 0.6 is 0 Å².